The van der Waals surface area contributed by atoms with Crippen molar-refractivity contribution in [2.75, 3.05) is 0 Å². The smallest absolute Gasteiger partial charge is 0.158 e. The first-order valence-corrected chi connectivity index (χ1v) is 3.61. The summed E-state index contributed by atoms with van der Waals surface area (Å²) in [5, 5.41) is 40.4. The summed E-state index contributed by atoms with van der Waals surface area (Å²) in [4.78, 5) is 0. The summed E-state index contributed by atoms with van der Waals surface area (Å²) in [6.45, 7) is 0. The van der Waals surface area contributed by atoms with Crippen LogP contribution in [-0.2, 0) is 0 Å². The Morgan fingerprint density at radius 2 is 1.86 bits per heavy atom. The minimum absolute atomic E-state index is 0.0391. The molecule has 0 atom stereocenters. The molecular weight excluding hydrogens is 188 g/mol. The number of benzene rings is 1. The highest BCUT2D eigenvalue weighted by Crippen LogP contribution is 2.24. The number of hydrogen-bond donors (Lipinski definition) is 4. The second-order valence-corrected chi connectivity index (χ2v) is 2.43. The molecule has 1 aromatic carbocycles. The van der Waals surface area contributed by atoms with Crippen molar-refractivity contribution in [2.45, 2.75) is 0 Å². The molecule has 0 amide bonds. The van der Waals surface area contributed by atoms with Crippen molar-refractivity contribution in [3.05, 3.63) is 23.8 Å². The van der Waals surface area contributed by atoms with Gasteiger partial charge in [-0.3, -0.25) is 0 Å². The molecule has 14 heavy (non-hydrogen) atoms. The Morgan fingerprint density at radius 1 is 1.14 bits per heavy atom. The minimum atomic E-state index is -0.352. The molecular formula is C8H8N2O4. The van der Waals surface area contributed by atoms with Crippen LogP contribution < -0.4 is 0 Å². The highest BCUT2D eigenvalue weighted by Gasteiger charge is 2.05. The van der Waals surface area contributed by atoms with Crippen molar-refractivity contribution in [2.24, 2.45) is 10.3 Å². The molecule has 1 rings (SSSR count). The number of nitrogens with zero attached hydrogens (tertiary/aromatic N) is 2. The molecule has 0 aliphatic rings. The maximum atomic E-state index is 9.12. The van der Waals surface area contributed by atoms with E-state index < -0.39 is 0 Å². The molecule has 6 nitrogen and oxygen atoms in total. The summed E-state index contributed by atoms with van der Waals surface area (Å²) in [7, 11) is 0. The lowest BCUT2D eigenvalue weighted by atomic mass is 10.1. The Morgan fingerprint density at radius 3 is 2.36 bits per heavy atom. The predicted molar refractivity (Wildman–Crippen MR) is 48.4 cm³/mol. The average molecular weight is 196 g/mol. The fraction of sp³-hybridized carbons (Fsp3) is 0. The summed E-state index contributed by atoms with van der Waals surface area (Å²) >= 11 is 0. The zero-order chi connectivity index (χ0) is 10.6. The van der Waals surface area contributed by atoms with Gasteiger partial charge < -0.3 is 20.6 Å². The molecule has 0 aliphatic heterocycles. The predicted octanol–water partition coefficient (Wildman–Crippen LogP) is 0.736. The van der Waals surface area contributed by atoms with Gasteiger partial charge in [0.05, 0.1) is 6.21 Å². The summed E-state index contributed by atoms with van der Waals surface area (Å²) < 4.78 is 0. The molecule has 0 saturated heterocycles. The molecule has 4 N–H and O–H groups in total. The Labute approximate surface area is 79.0 Å². The van der Waals surface area contributed by atoms with Crippen LogP contribution in [0.1, 0.15) is 5.56 Å². The van der Waals surface area contributed by atoms with E-state index in [0.717, 1.165) is 6.21 Å². The third kappa shape index (κ3) is 1.92. The van der Waals surface area contributed by atoms with Gasteiger partial charge >= 0.3 is 0 Å². The molecule has 0 saturated carbocycles. The summed E-state index contributed by atoms with van der Waals surface area (Å²) in [5.41, 5.74) is 0.267. The van der Waals surface area contributed by atoms with E-state index in [0.29, 0.717) is 5.56 Å². The maximum Gasteiger partial charge on any atom is 0.158 e. The van der Waals surface area contributed by atoms with E-state index in [9.17, 15) is 0 Å². The van der Waals surface area contributed by atoms with Crippen molar-refractivity contribution in [3.63, 3.8) is 0 Å². The Kier molecular flexibility index (Phi) is 2.90. The van der Waals surface area contributed by atoms with Crippen molar-refractivity contribution in [3.8, 4) is 11.5 Å². The molecule has 1 aromatic rings. The lowest BCUT2D eigenvalue weighted by Gasteiger charge is -2.00. The third-order valence-electron chi connectivity index (χ3n) is 1.56. The quantitative estimate of drug-likeness (QED) is 0.242. The van der Waals surface area contributed by atoms with Crippen molar-refractivity contribution in [1.82, 2.24) is 0 Å². The number of oxime groups is 2. The zero-order valence-electron chi connectivity index (χ0n) is 6.99. The van der Waals surface area contributed by atoms with Gasteiger partial charge in [-0.1, -0.05) is 10.3 Å². The van der Waals surface area contributed by atoms with Crippen LogP contribution in [0, 0.1) is 0 Å². The Hall–Kier alpha value is -2.24. The fourth-order valence-electron chi connectivity index (χ4n) is 0.896. The van der Waals surface area contributed by atoms with E-state index in [1.807, 2.05) is 0 Å². The van der Waals surface area contributed by atoms with Crippen LogP contribution in [0.3, 0.4) is 0 Å². The zero-order valence-corrected chi connectivity index (χ0v) is 6.99. The van der Waals surface area contributed by atoms with E-state index >= 15 is 0 Å². The van der Waals surface area contributed by atoms with Gasteiger partial charge in [-0.25, -0.2) is 0 Å². The molecule has 0 unspecified atom stereocenters. The van der Waals surface area contributed by atoms with Crippen molar-refractivity contribution in [1.29, 1.82) is 0 Å². The van der Waals surface area contributed by atoms with Gasteiger partial charge in [0.2, 0.25) is 0 Å². The van der Waals surface area contributed by atoms with E-state index in [-0.39, 0.29) is 17.2 Å². The molecule has 0 spiro atoms. The highest BCUT2D eigenvalue weighted by molar-refractivity contribution is 6.37. The van der Waals surface area contributed by atoms with Gasteiger partial charge in [-0.05, 0) is 18.2 Å². The Balaban J connectivity index is 3.13. The second-order valence-electron chi connectivity index (χ2n) is 2.43. The van der Waals surface area contributed by atoms with E-state index in [1.54, 1.807) is 0 Å². The SMILES string of the molecule is O/N=C/C(=N/O)c1ccc(O)c(O)c1. The Bertz CT molecular complexity index is 387. The number of aromatic hydroxyl groups is 2. The van der Waals surface area contributed by atoms with Crippen LogP contribution in [-0.4, -0.2) is 32.6 Å². The second kappa shape index (κ2) is 4.13. The van der Waals surface area contributed by atoms with Gasteiger partial charge in [0, 0.05) is 5.56 Å². The molecule has 0 aromatic heterocycles. The number of rotatable bonds is 2. The van der Waals surface area contributed by atoms with Crippen LogP contribution in [0.15, 0.2) is 28.5 Å². The molecule has 0 fully saturated rings. The first kappa shape index (κ1) is 9.85. The van der Waals surface area contributed by atoms with Crippen LogP contribution in [0.5, 0.6) is 11.5 Å². The molecule has 74 valence electrons. The van der Waals surface area contributed by atoms with Gasteiger partial charge in [-0.15, -0.1) is 0 Å². The van der Waals surface area contributed by atoms with Gasteiger partial charge in [0.1, 0.15) is 5.71 Å². The summed E-state index contributed by atoms with van der Waals surface area (Å²) in [6, 6.07) is 3.79. The highest BCUT2D eigenvalue weighted by atomic mass is 16.4. The van der Waals surface area contributed by atoms with Gasteiger partial charge in [0.15, 0.2) is 11.5 Å². The van der Waals surface area contributed by atoms with Crippen molar-refractivity contribution < 1.29 is 20.6 Å². The van der Waals surface area contributed by atoms with Gasteiger partial charge in [-0.2, -0.15) is 0 Å². The molecule has 6 heteroatoms. The normalized spacial score (nSPS) is 12.1. The molecule has 0 bridgehead atoms. The standard InChI is InChI=1S/C8H8N2O4/c11-7-2-1-5(3-8(7)12)6(10-14)4-9-13/h1-4,11-14H/b9-4+,10-6-. The lowest BCUT2D eigenvalue weighted by Crippen LogP contribution is -2.02. The maximum absolute atomic E-state index is 9.12. The van der Waals surface area contributed by atoms with E-state index in [2.05, 4.69) is 10.3 Å². The van der Waals surface area contributed by atoms with Crippen LogP contribution in [0.2, 0.25) is 0 Å². The summed E-state index contributed by atoms with van der Waals surface area (Å²) in [5.74, 6) is -0.637. The first-order valence-electron chi connectivity index (χ1n) is 3.61. The largest absolute Gasteiger partial charge is 0.504 e. The average Bonchev–Trinajstić information content (AvgIpc) is 2.19. The van der Waals surface area contributed by atoms with Crippen LogP contribution in [0.25, 0.3) is 0 Å². The number of phenolic OH excluding ortho intramolecular Hbond substituents is 2. The fourth-order valence-corrected chi connectivity index (χ4v) is 0.896. The van der Waals surface area contributed by atoms with Gasteiger partial charge in [0.25, 0.3) is 0 Å². The molecule has 0 heterocycles. The number of hydrogen-bond acceptors (Lipinski definition) is 6. The minimum Gasteiger partial charge on any atom is -0.504 e. The van der Waals surface area contributed by atoms with E-state index in [4.69, 9.17) is 20.6 Å². The third-order valence-corrected chi connectivity index (χ3v) is 1.56. The van der Waals surface area contributed by atoms with Crippen LogP contribution >= 0.6 is 0 Å². The molecule has 0 radical (unpaired) electrons. The summed E-state index contributed by atoms with van der Waals surface area (Å²) in [6.07, 6.45) is 0.895. The molecule has 0 aliphatic carbocycles. The topological polar surface area (TPSA) is 106 Å². The van der Waals surface area contributed by atoms with Crippen LogP contribution in [0.4, 0.5) is 0 Å². The lowest BCUT2D eigenvalue weighted by molar-refractivity contribution is 0.316. The monoisotopic (exact) mass is 196 g/mol. The van der Waals surface area contributed by atoms with Crippen molar-refractivity contribution >= 4 is 11.9 Å². The first-order chi connectivity index (χ1) is 6.69. The van der Waals surface area contributed by atoms with E-state index in [1.165, 1.54) is 18.2 Å². The number of phenols is 2.